The van der Waals surface area contributed by atoms with Gasteiger partial charge in [0.1, 0.15) is 5.75 Å². The minimum atomic E-state index is -1.09. The van der Waals surface area contributed by atoms with Crippen LogP contribution in [0.15, 0.2) is 18.2 Å². The SMILES string of the molecule is CC(CO)COc1ccc(Cl)c(C(=O)O)c1. The molecule has 4 nitrogen and oxygen atoms in total. The Hall–Kier alpha value is -1.26. The lowest BCUT2D eigenvalue weighted by molar-refractivity contribution is 0.0696. The fourth-order valence-corrected chi connectivity index (χ4v) is 1.25. The lowest BCUT2D eigenvalue weighted by Crippen LogP contribution is -2.12. The van der Waals surface area contributed by atoms with Crippen LogP contribution in [0, 0.1) is 5.92 Å². The summed E-state index contributed by atoms with van der Waals surface area (Å²) in [6, 6.07) is 4.44. The van der Waals surface area contributed by atoms with Gasteiger partial charge in [-0.3, -0.25) is 0 Å². The molecule has 0 spiro atoms. The molecule has 1 unspecified atom stereocenters. The number of carbonyl (C=O) groups is 1. The standard InChI is InChI=1S/C11H13ClO4/c1-7(5-13)6-16-8-2-3-10(12)9(4-8)11(14)15/h2-4,7,13H,5-6H2,1H3,(H,14,15). The molecule has 0 radical (unpaired) electrons. The van der Waals surface area contributed by atoms with E-state index in [9.17, 15) is 4.79 Å². The van der Waals surface area contributed by atoms with Crippen LogP contribution in [0.4, 0.5) is 0 Å². The van der Waals surface area contributed by atoms with E-state index in [1.165, 1.54) is 12.1 Å². The number of carboxylic acids is 1. The van der Waals surface area contributed by atoms with Gasteiger partial charge in [-0.15, -0.1) is 0 Å². The van der Waals surface area contributed by atoms with Gasteiger partial charge in [0.15, 0.2) is 0 Å². The topological polar surface area (TPSA) is 66.8 Å². The van der Waals surface area contributed by atoms with Gasteiger partial charge in [0.05, 0.1) is 17.2 Å². The van der Waals surface area contributed by atoms with Crippen molar-refractivity contribution in [3.05, 3.63) is 28.8 Å². The van der Waals surface area contributed by atoms with E-state index in [0.29, 0.717) is 12.4 Å². The van der Waals surface area contributed by atoms with E-state index in [1.54, 1.807) is 6.07 Å². The number of ether oxygens (including phenoxy) is 1. The number of hydrogen-bond donors (Lipinski definition) is 2. The Kier molecular flexibility index (Phi) is 4.58. The van der Waals surface area contributed by atoms with Crippen molar-refractivity contribution in [2.75, 3.05) is 13.2 Å². The minimum Gasteiger partial charge on any atom is -0.493 e. The second-order valence-corrected chi connectivity index (χ2v) is 3.95. The molecule has 2 N–H and O–H groups in total. The second-order valence-electron chi connectivity index (χ2n) is 3.55. The highest BCUT2D eigenvalue weighted by molar-refractivity contribution is 6.33. The zero-order valence-corrected chi connectivity index (χ0v) is 9.57. The predicted molar refractivity (Wildman–Crippen MR) is 60.2 cm³/mol. The Labute approximate surface area is 98.4 Å². The highest BCUT2D eigenvalue weighted by atomic mass is 35.5. The molecule has 1 aromatic rings. The van der Waals surface area contributed by atoms with Gasteiger partial charge < -0.3 is 14.9 Å². The summed E-state index contributed by atoms with van der Waals surface area (Å²) in [6.07, 6.45) is 0. The molecular formula is C11H13ClO4. The monoisotopic (exact) mass is 244 g/mol. The van der Waals surface area contributed by atoms with Crippen molar-refractivity contribution in [1.29, 1.82) is 0 Å². The van der Waals surface area contributed by atoms with Crippen LogP contribution in [0.25, 0.3) is 0 Å². The molecule has 0 aliphatic carbocycles. The predicted octanol–water partition coefficient (Wildman–Crippen LogP) is 2.05. The molecule has 0 saturated heterocycles. The number of carboxylic acid groups (broad SMARTS) is 1. The quantitative estimate of drug-likeness (QED) is 0.832. The molecule has 0 heterocycles. The third-order valence-corrected chi connectivity index (χ3v) is 2.34. The zero-order valence-electron chi connectivity index (χ0n) is 8.81. The summed E-state index contributed by atoms with van der Waals surface area (Å²) in [5, 5.41) is 17.8. The molecule has 0 aromatic heterocycles. The Bertz CT molecular complexity index is 378. The summed E-state index contributed by atoms with van der Waals surface area (Å²) in [5.74, 6) is -0.656. The van der Waals surface area contributed by atoms with Crippen molar-refractivity contribution in [1.82, 2.24) is 0 Å². The molecule has 1 rings (SSSR count). The first-order valence-corrected chi connectivity index (χ1v) is 5.19. The van der Waals surface area contributed by atoms with Crippen LogP contribution in [0.1, 0.15) is 17.3 Å². The maximum Gasteiger partial charge on any atom is 0.337 e. The third kappa shape index (κ3) is 3.40. The zero-order chi connectivity index (χ0) is 12.1. The van der Waals surface area contributed by atoms with Crippen LogP contribution in [0.2, 0.25) is 5.02 Å². The lowest BCUT2D eigenvalue weighted by Gasteiger charge is -2.11. The highest BCUT2D eigenvalue weighted by Gasteiger charge is 2.10. The summed E-state index contributed by atoms with van der Waals surface area (Å²) < 4.78 is 5.32. The maximum atomic E-state index is 10.8. The van der Waals surface area contributed by atoms with E-state index in [1.807, 2.05) is 6.92 Å². The number of aliphatic hydroxyl groups excluding tert-OH is 1. The van der Waals surface area contributed by atoms with Crippen LogP contribution in [-0.4, -0.2) is 29.4 Å². The average Bonchev–Trinajstić information content (AvgIpc) is 2.27. The molecule has 0 saturated carbocycles. The third-order valence-electron chi connectivity index (χ3n) is 2.01. The molecule has 1 aromatic carbocycles. The van der Waals surface area contributed by atoms with Crippen molar-refractivity contribution in [3.63, 3.8) is 0 Å². The maximum absolute atomic E-state index is 10.8. The first-order valence-electron chi connectivity index (χ1n) is 4.81. The van der Waals surface area contributed by atoms with Gasteiger partial charge in [-0.1, -0.05) is 18.5 Å². The van der Waals surface area contributed by atoms with Crippen LogP contribution in [0.3, 0.4) is 0 Å². The smallest absolute Gasteiger partial charge is 0.337 e. The van der Waals surface area contributed by atoms with Crippen molar-refractivity contribution in [3.8, 4) is 5.75 Å². The summed E-state index contributed by atoms with van der Waals surface area (Å²) in [7, 11) is 0. The lowest BCUT2D eigenvalue weighted by atomic mass is 10.2. The molecule has 1 atom stereocenters. The fraction of sp³-hybridized carbons (Fsp3) is 0.364. The van der Waals surface area contributed by atoms with Crippen LogP contribution >= 0.6 is 11.6 Å². The number of aliphatic hydroxyl groups is 1. The Morgan fingerprint density at radius 3 is 2.81 bits per heavy atom. The van der Waals surface area contributed by atoms with E-state index in [2.05, 4.69) is 0 Å². The first-order chi connectivity index (χ1) is 7.54. The number of rotatable bonds is 5. The molecule has 0 fully saturated rings. The van der Waals surface area contributed by atoms with E-state index in [4.69, 9.17) is 26.6 Å². The van der Waals surface area contributed by atoms with Gasteiger partial charge in [-0.05, 0) is 18.2 Å². The molecule has 16 heavy (non-hydrogen) atoms. The molecule has 0 aliphatic heterocycles. The van der Waals surface area contributed by atoms with Gasteiger partial charge >= 0.3 is 5.97 Å². The van der Waals surface area contributed by atoms with Crippen molar-refractivity contribution >= 4 is 17.6 Å². The van der Waals surface area contributed by atoms with Crippen LogP contribution in [0.5, 0.6) is 5.75 Å². The number of benzene rings is 1. The largest absolute Gasteiger partial charge is 0.493 e. The molecular weight excluding hydrogens is 232 g/mol. The molecule has 0 bridgehead atoms. The van der Waals surface area contributed by atoms with E-state index in [-0.39, 0.29) is 23.1 Å². The van der Waals surface area contributed by atoms with Gasteiger partial charge in [0, 0.05) is 12.5 Å². The number of aromatic carboxylic acids is 1. The number of hydrogen-bond acceptors (Lipinski definition) is 3. The molecule has 0 amide bonds. The first kappa shape index (κ1) is 12.8. The van der Waals surface area contributed by atoms with Crippen molar-refractivity contribution in [2.45, 2.75) is 6.92 Å². The number of halogens is 1. The Balaban J connectivity index is 2.75. The normalized spacial score (nSPS) is 12.2. The summed E-state index contributed by atoms with van der Waals surface area (Å²) in [4.78, 5) is 10.8. The van der Waals surface area contributed by atoms with Crippen molar-refractivity contribution in [2.24, 2.45) is 5.92 Å². The fourth-order valence-electron chi connectivity index (χ4n) is 1.05. The Morgan fingerprint density at radius 2 is 2.25 bits per heavy atom. The van der Waals surface area contributed by atoms with Gasteiger partial charge in [0.2, 0.25) is 0 Å². The van der Waals surface area contributed by atoms with Crippen LogP contribution in [-0.2, 0) is 0 Å². The van der Waals surface area contributed by atoms with E-state index in [0.717, 1.165) is 0 Å². The highest BCUT2D eigenvalue weighted by Crippen LogP contribution is 2.22. The summed E-state index contributed by atoms with van der Waals surface area (Å²) >= 11 is 5.70. The van der Waals surface area contributed by atoms with Crippen LogP contribution < -0.4 is 4.74 Å². The minimum absolute atomic E-state index is 0.00366. The van der Waals surface area contributed by atoms with E-state index >= 15 is 0 Å². The summed E-state index contributed by atoms with van der Waals surface area (Å²) in [5.41, 5.74) is 0.0100. The summed E-state index contributed by atoms with van der Waals surface area (Å²) in [6.45, 7) is 2.19. The van der Waals surface area contributed by atoms with Gasteiger partial charge in [0.25, 0.3) is 0 Å². The second kappa shape index (κ2) is 5.72. The van der Waals surface area contributed by atoms with Crippen molar-refractivity contribution < 1.29 is 19.7 Å². The molecule has 0 aliphatic rings. The Morgan fingerprint density at radius 1 is 1.56 bits per heavy atom. The van der Waals surface area contributed by atoms with E-state index < -0.39 is 5.97 Å². The van der Waals surface area contributed by atoms with Gasteiger partial charge in [-0.2, -0.15) is 0 Å². The molecule has 88 valence electrons. The average molecular weight is 245 g/mol. The molecule has 5 heteroatoms. The van der Waals surface area contributed by atoms with Gasteiger partial charge in [-0.25, -0.2) is 4.79 Å².